The molecular weight excluding hydrogens is 226 g/mol. The summed E-state index contributed by atoms with van der Waals surface area (Å²) in [6, 6.07) is 6.34. The van der Waals surface area contributed by atoms with Crippen molar-refractivity contribution in [1.29, 1.82) is 0 Å². The Labute approximate surface area is 110 Å². The second-order valence-corrected chi connectivity index (χ2v) is 4.99. The Morgan fingerprint density at radius 3 is 2.78 bits per heavy atom. The van der Waals surface area contributed by atoms with Crippen LogP contribution in [-0.4, -0.2) is 56.8 Å². The molecule has 2 rings (SSSR count). The van der Waals surface area contributed by atoms with Gasteiger partial charge in [-0.2, -0.15) is 0 Å². The monoisotopic (exact) mass is 249 g/mol. The minimum atomic E-state index is 0.812. The molecule has 0 bridgehead atoms. The van der Waals surface area contributed by atoms with E-state index in [0.717, 1.165) is 51.5 Å². The van der Waals surface area contributed by atoms with Crippen LogP contribution in [0.15, 0.2) is 18.2 Å². The summed E-state index contributed by atoms with van der Waals surface area (Å²) in [5, 5.41) is 0. The highest BCUT2D eigenvalue weighted by atomic mass is 16.5. The van der Waals surface area contributed by atoms with Crippen LogP contribution in [0.1, 0.15) is 12.1 Å². The van der Waals surface area contributed by atoms with Crippen molar-refractivity contribution in [2.75, 3.05) is 51.8 Å². The fraction of sp³-hybridized carbons (Fsp3) is 0.643. The first-order valence-corrected chi connectivity index (χ1v) is 6.69. The number of nitrogens with zero attached hydrogens (tertiary/aromatic N) is 3. The first-order chi connectivity index (χ1) is 8.75. The van der Waals surface area contributed by atoms with E-state index in [4.69, 9.17) is 9.72 Å². The molecule has 18 heavy (non-hydrogen) atoms. The maximum atomic E-state index is 5.37. The van der Waals surface area contributed by atoms with Gasteiger partial charge in [0.2, 0.25) is 0 Å². The number of rotatable bonds is 5. The third-order valence-electron chi connectivity index (χ3n) is 3.17. The van der Waals surface area contributed by atoms with E-state index in [2.05, 4.69) is 42.1 Å². The Bertz CT molecular complexity index is 362. The van der Waals surface area contributed by atoms with E-state index in [-0.39, 0.29) is 0 Å². The van der Waals surface area contributed by atoms with Crippen molar-refractivity contribution in [2.24, 2.45) is 0 Å². The third-order valence-corrected chi connectivity index (χ3v) is 3.17. The fourth-order valence-corrected chi connectivity index (χ4v) is 2.15. The maximum absolute atomic E-state index is 5.37. The molecule has 0 unspecified atom stereocenters. The highest BCUT2D eigenvalue weighted by Gasteiger charge is 2.12. The summed E-state index contributed by atoms with van der Waals surface area (Å²) in [5.41, 5.74) is 1.20. The van der Waals surface area contributed by atoms with Gasteiger partial charge in [-0.05, 0) is 45.6 Å². The Hall–Kier alpha value is -1.13. The summed E-state index contributed by atoms with van der Waals surface area (Å²) < 4.78 is 5.37. The van der Waals surface area contributed by atoms with Crippen LogP contribution in [0.2, 0.25) is 0 Å². The largest absolute Gasteiger partial charge is 0.378 e. The molecular formula is C14H23N3O. The van der Waals surface area contributed by atoms with Crippen LogP contribution in [0.3, 0.4) is 0 Å². The lowest BCUT2D eigenvalue weighted by Gasteiger charge is -2.28. The zero-order chi connectivity index (χ0) is 12.8. The number of morpholine rings is 1. The predicted octanol–water partition coefficient (Wildman–Crippen LogP) is 1.41. The van der Waals surface area contributed by atoms with Crippen molar-refractivity contribution in [2.45, 2.75) is 12.8 Å². The summed E-state index contributed by atoms with van der Waals surface area (Å²) in [6.45, 7) is 4.64. The summed E-state index contributed by atoms with van der Waals surface area (Å²) in [5.74, 6) is 1.10. The molecule has 0 spiro atoms. The van der Waals surface area contributed by atoms with Gasteiger partial charge >= 0.3 is 0 Å². The SMILES string of the molecule is CN(C)CCCc1cccc(N2CCOCC2)n1. The molecule has 1 saturated heterocycles. The van der Waals surface area contributed by atoms with Gasteiger partial charge in [-0.25, -0.2) is 4.98 Å². The average Bonchev–Trinajstić information content (AvgIpc) is 2.40. The van der Waals surface area contributed by atoms with E-state index in [0.29, 0.717) is 0 Å². The molecule has 4 heteroatoms. The topological polar surface area (TPSA) is 28.6 Å². The van der Waals surface area contributed by atoms with Crippen molar-refractivity contribution < 1.29 is 4.74 Å². The lowest BCUT2D eigenvalue weighted by atomic mass is 10.2. The summed E-state index contributed by atoms with van der Waals surface area (Å²) in [4.78, 5) is 9.26. The number of hydrogen-bond donors (Lipinski definition) is 0. The molecule has 1 aliphatic heterocycles. The Balaban J connectivity index is 1.91. The molecule has 0 atom stereocenters. The van der Waals surface area contributed by atoms with Gasteiger partial charge in [0.15, 0.2) is 0 Å². The molecule has 1 fully saturated rings. The molecule has 1 aromatic heterocycles. The van der Waals surface area contributed by atoms with E-state index in [1.807, 2.05) is 0 Å². The minimum absolute atomic E-state index is 0.812. The molecule has 0 radical (unpaired) electrons. The van der Waals surface area contributed by atoms with Crippen LogP contribution in [0.4, 0.5) is 5.82 Å². The van der Waals surface area contributed by atoms with E-state index in [9.17, 15) is 0 Å². The molecule has 1 aromatic rings. The average molecular weight is 249 g/mol. The van der Waals surface area contributed by atoms with Crippen molar-refractivity contribution in [3.63, 3.8) is 0 Å². The maximum Gasteiger partial charge on any atom is 0.128 e. The lowest BCUT2D eigenvalue weighted by molar-refractivity contribution is 0.122. The molecule has 0 amide bonds. The van der Waals surface area contributed by atoms with Crippen LogP contribution in [0.5, 0.6) is 0 Å². The molecule has 1 aliphatic rings. The highest BCUT2D eigenvalue weighted by Crippen LogP contribution is 2.14. The molecule has 4 nitrogen and oxygen atoms in total. The Morgan fingerprint density at radius 2 is 2.06 bits per heavy atom. The third kappa shape index (κ3) is 3.96. The van der Waals surface area contributed by atoms with Gasteiger partial charge < -0.3 is 14.5 Å². The number of hydrogen-bond acceptors (Lipinski definition) is 4. The Kier molecular flexibility index (Phi) is 4.96. The molecule has 2 heterocycles. The normalized spacial score (nSPS) is 16.3. The van der Waals surface area contributed by atoms with E-state index in [1.54, 1.807) is 0 Å². The smallest absolute Gasteiger partial charge is 0.128 e. The van der Waals surface area contributed by atoms with Crippen molar-refractivity contribution in [1.82, 2.24) is 9.88 Å². The number of aryl methyl sites for hydroxylation is 1. The van der Waals surface area contributed by atoms with Gasteiger partial charge in [0.1, 0.15) is 5.82 Å². The van der Waals surface area contributed by atoms with Gasteiger partial charge in [0.25, 0.3) is 0 Å². The number of anilines is 1. The van der Waals surface area contributed by atoms with Crippen LogP contribution in [0.25, 0.3) is 0 Å². The van der Waals surface area contributed by atoms with E-state index in [1.165, 1.54) is 5.69 Å². The van der Waals surface area contributed by atoms with E-state index >= 15 is 0 Å². The Morgan fingerprint density at radius 1 is 1.28 bits per heavy atom. The quantitative estimate of drug-likeness (QED) is 0.789. The molecule has 100 valence electrons. The lowest BCUT2D eigenvalue weighted by Crippen LogP contribution is -2.36. The van der Waals surface area contributed by atoms with E-state index < -0.39 is 0 Å². The van der Waals surface area contributed by atoms with Crippen LogP contribution in [0, 0.1) is 0 Å². The summed E-state index contributed by atoms with van der Waals surface area (Å²) in [7, 11) is 4.22. The predicted molar refractivity (Wildman–Crippen MR) is 74.1 cm³/mol. The van der Waals surface area contributed by atoms with Gasteiger partial charge in [-0.15, -0.1) is 0 Å². The van der Waals surface area contributed by atoms with Crippen molar-refractivity contribution in [3.05, 3.63) is 23.9 Å². The van der Waals surface area contributed by atoms with Crippen molar-refractivity contribution >= 4 is 5.82 Å². The van der Waals surface area contributed by atoms with Crippen molar-refractivity contribution in [3.8, 4) is 0 Å². The minimum Gasteiger partial charge on any atom is -0.378 e. The first kappa shape index (κ1) is 13.3. The highest BCUT2D eigenvalue weighted by molar-refractivity contribution is 5.39. The number of pyridine rings is 1. The number of aromatic nitrogens is 1. The molecule has 0 saturated carbocycles. The summed E-state index contributed by atoms with van der Waals surface area (Å²) in [6.07, 6.45) is 2.21. The zero-order valence-electron chi connectivity index (χ0n) is 11.4. The second-order valence-electron chi connectivity index (χ2n) is 4.99. The van der Waals surface area contributed by atoms with Gasteiger partial charge in [0, 0.05) is 18.8 Å². The zero-order valence-corrected chi connectivity index (χ0v) is 11.4. The molecule has 0 N–H and O–H groups in total. The first-order valence-electron chi connectivity index (χ1n) is 6.69. The van der Waals surface area contributed by atoms with Gasteiger partial charge in [-0.3, -0.25) is 0 Å². The van der Waals surface area contributed by atoms with Gasteiger partial charge in [-0.1, -0.05) is 6.07 Å². The second kappa shape index (κ2) is 6.71. The van der Waals surface area contributed by atoms with Crippen LogP contribution >= 0.6 is 0 Å². The van der Waals surface area contributed by atoms with Crippen LogP contribution < -0.4 is 4.90 Å². The standard InChI is InChI=1S/C14H23N3O/c1-16(2)8-4-6-13-5-3-7-14(15-13)17-9-11-18-12-10-17/h3,5,7H,4,6,8-12H2,1-2H3. The number of ether oxygens (including phenoxy) is 1. The van der Waals surface area contributed by atoms with Gasteiger partial charge in [0.05, 0.1) is 13.2 Å². The van der Waals surface area contributed by atoms with Crippen LogP contribution in [-0.2, 0) is 11.2 Å². The molecule has 0 aromatic carbocycles. The summed E-state index contributed by atoms with van der Waals surface area (Å²) >= 11 is 0. The fourth-order valence-electron chi connectivity index (χ4n) is 2.15. The molecule has 0 aliphatic carbocycles.